The molecule has 0 saturated carbocycles. The van der Waals surface area contributed by atoms with E-state index in [1.165, 1.54) is 30.3 Å². The molecule has 0 atom stereocenters. The average Bonchev–Trinajstić information content (AvgIpc) is 3.99. The number of ether oxygens (including phenoxy) is 3. The van der Waals surface area contributed by atoms with Gasteiger partial charge in [0.2, 0.25) is 5.91 Å². The largest absolute Gasteiger partial charge is 0.508 e. The van der Waals surface area contributed by atoms with Crippen LogP contribution in [0.4, 0.5) is 5.69 Å². The number of phenols is 2. The van der Waals surface area contributed by atoms with E-state index in [2.05, 4.69) is 25.8 Å². The van der Waals surface area contributed by atoms with Gasteiger partial charge in [-0.15, -0.1) is 5.10 Å². The van der Waals surface area contributed by atoms with E-state index in [9.17, 15) is 34.2 Å². The third-order valence-electron chi connectivity index (χ3n) is 12.1. The number of rotatable bonds is 9. The lowest BCUT2D eigenvalue weighted by Crippen LogP contribution is -2.35. The number of benzene rings is 6. The molecule has 3 aliphatic heterocycles. The number of aromatic nitrogens is 6. The number of anilines is 1. The first-order valence-corrected chi connectivity index (χ1v) is 21.1. The number of phenolic OH excluding ortho intramolecular Hbond substituents is 2. The van der Waals surface area contributed by atoms with Gasteiger partial charge < -0.3 is 34.6 Å². The second kappa shape index (κ2) is 15.8. The summed E-state index contributed by atoms with van der Waals surface area (Å²) in [5, 5.41) is 37.0. The predicted octanol–water partition coefficient (Wildman–Crippen LogP) is 5.50. The molecule has 6 aromatic carbocycles. The number of aromatic amines is 2. The van der Waals surface area contributed by atoms with E-state index in [-0.39, 0.29) is 66.1 Å². The lowest BCUT2D eigenvalue weighted by Gasteiger charge is -2.36. The Morgan fingerprint density at radius 3 is 2.16 bits per heavy atom. The highest BCUT2D eigenvalue weighted by Crippen LogP contribution is 2.57. The molecule has 332 valence electrons. The van der Waals surface area contributed by atoms with E-state index in [1.54, 1.807) is 58.1 Å². The minimum absolute atomic E-state index is 0.0123. The van der Waals surface area contributed by atoms with Gasteiger partial charge in [-0.25, -0.2) is 33.8 Å². The predicted molar refractivity (Wildman–Crippen MR) is 240 cm³/mol. The van der Waals surface area contributed by atoms with E-state index in [0.717, 1.165) is 21.4 Å². The second-order valence-electron chi connectivity index (χ2n) is 16.0. The van der Waals surface area contributed by atoms with Crippen molar-refractivity contribution in [1.29, 1.82) is 0 Å². The summed E-state index contributed by atoms with van der Waals surface area (Å²) in [5.74, 6) is -0.571. The smallest absolute Gasteiger partial charge is 0.348 e. The zero-order valence-corrected chi connectivity index (χ0v) is 35.1. The highest BCUT2D eigenvalue weighted by molar-refractivity contribution is 6.03. The maximum Gasteiger partial charge on any atom is 0.348 e. The van der Waals surface area contributed by atoms with E-state index < -0.39 is 28.9 Å². The van der Waals surface area contributed by atoms with Crippen molar-refractivity contribution in [3.63, 3.8) is 0 Å². The molecule has 5 heterocycles. The molecule has 0 saturated heterocycles. The molecular weight excluding hydrogens is 861 g/mol. The first-order chi connectivity index (χ1) is 32.6. The topological polar surface area (TPSA) is 236 Å². The Morgan fingerprint density at radius 2 is 1.43 bits per heavy atom. The van der Waals surface area contributed by atoms with E-state index in [4.69, 9.17) is 14.2 Å². The molecule has 0 bridgehead atoms. The molecule has 0 aliphatic carbocycles. The van der Waals surface area contributed by atoms with Gasteiger partial charge in [-0.3, -0.25) is 9.59 Å². The fourth-order valence-corrected chi connectivity index (χ4v) is 9.05. The first-order valence-electron chi connectivity index (χ1n) is 21.1. The molecule has 0 unspecified atom stereocenters. The number of nitrogens with zero attached hydrogens (tertiary/aromatic N) is 5. The fourth-order valence-electron chi connectivity index (χ4n) is 9.05. The highest BCUT2D eigenvalue weighted by atomic mass is 16.6. The maximum atomic E-state index is 14.3. The molecular formula is C49H36N8O10. The summed E-state index contributed by atoms with van der Waals surface area (Å²) in [7, 11) is 0. The number of H-pyrrole nitrogens is 2. The van der Waals surface area contributed by atoms with Crippen molar-refractivity contribution in [2.24, 2.45) is 0 Å². The molecule has 0 radical (unpaired) electrons. The number of esters is 1. The van der Waals surface area contributed by atoms with Crippen LogP contribution in [0, 0.1) is 0 Å². The number of carbonyl (C=O) groups is 3. The number of hydrogen-bond donors (Lipinski definition) is 5. The summed E-state index contributed by atoms with van der Waals surface area (Å²) < 4.78 is 21.0. The molecule has 18 heteroatoms. The fraction of sp³-hybridized carbons (Fsp3) is 0.122. The van der Waals surface area contributed by atoms with Gasteiger partial charge in [-0.1, -0.05) is 53.7 Å². The molecule has 2 aromatic heterocycles. The number of carbonyl (C=O) groups excluding carboxylic acids is 3. The molecule has 5 N–H and O–H groups in total. The summed E-state index contributed by atoms with van der Waals surface area (Å²) >= 11 is 0. The molecule has 2 amide bonds. The van der Waals surface area contributed by atoms with Crippen molar-refractivity contribution in [3.8, 4) is 56.9 Å². The van der Waals surface area contributed by atoms with Crippen molar-refractivity contribution in [1.82, 2.24) is 35.1 Å². The van der Waals surface area contributed by atoms with E-state index in [1.807, 2.05) is 48.5 Å². The summed E-state index contributed by atoms with van der Waals surface area (Å²) in [6, 6.07) is 35.3. The monoisotopic (exact) mass is 896 g/mol. The molecule has 1 spiro atoms. The Hall–Kier alpha value is -9.19. The van der Waals surface area contributed by atoms with Gasteiger partial charge in [-0.2, -0.15) is 0 Å². The lowest BCUT2D eigenvalue weighted by molar-refractivity contribution is -0.118. The minimum atomic E-state index is -1.48. The Kier molecular flexibility index (Phi) is 9.57. The molecule has 3 aliphatic rings. The van der Waals surface area contributed by atoms with Crippen molar-refractivity contribution in [2.45, 2.75) is 25.1 Å². The van der Waals surface area contributed by atoms with Gasteiger partial charge in [0.15, 0.2) is 5.60 Å². The standard InChI is InChI=1S/C49H36N8O10/c58-30-12-17-37-40(24-30)66-41-25-31(59)13-18-38(41)49(37)36-16-9-27(23-35(36)46(62)67-49)45(61)50-20-19-42(60)55-26-28-5-1-2-6-33(28)44-43(34-7-3-4-8-39(34)55)51-54-56(44)21-22-65-32-14-10-29(11-15-32)57-47(63)52-53-48(57)64/h1-18,23-25,58-59H,19-22,26H2,(H,50,61)(H,52,63)(H,53,64). The Labute approximate surface area is 378 Å². The van der Waals surface area contributed by atoms with Crippen molar-refractivity contribution < 1.29 is 38.8 Å². The van der Waals surface area contributed by atoms with Crippen LogP contribution in [0.3, 0.4) is 0 Å². The number of para-hydroxylation sites is 1. The van der Waals surface area contributed by atoms with Crippen LogP contribution in [-0.4, -0.2) is 70.9 Å². The van der Waals surface area contributed by atoms with Crippen LogP contribution in [-0.2, 0) is 28.2 Å². The van der Waals surface area contributed by atoms with Crippen LogP contribution in [0.25, 0.3) is 28.2 Å². The number of fused-ring (bicyclic) bond motifs is 11. The average molecular weight is 897 g/mol. The summed E-state index contributed by atoms with van der Waals surface area (Å²) in [6.45, 7) is 0.736. The third-order valence-corrected chi connectivity index (χ3v) is 12.1. The second-order valence-corrected chi connectivity index (χ2v) is 16.0. The Morgan fingerprint density at radius 1 is 0.761 bits per heavy atom. The minimum Gasteiger partial charge on any atom is -0.508 e. The highest BCUT2D eigenvalue weighted by Gasteiger charge is 2.54. The van der Waals surface area contributed by atoms with Gasteiger partial charge in [0, 0.05) is 58.5 Å². The quantitative estimate of drug-likeness (QED) is 0.113. The Bertz CT molecular complexity index is 3380. The molecule has 8 aromatic rings. The van der Waals surface area contributed by atoms with E-state index >= 15 is 0 Å². The van der Waals surface area contributed by atoms with Crippen molar-refractivity contribution in [2.75, 3.05) is 18.1 Å². The maximum absolute atomic E-state index is 14.3. The SMILES string of the molecule is O=C(NCCC(=O)N1Cc2ccccc2-c2c(nnn2CCOc2ccc(-n3c(=O)[nH][nH]c3=O)cc2)-c2ccccc21)c1ccc2c(c1)C(=O)OC21c2ccc(O)cc2Oc2cc(O)ccc21. The van der Waals surface area contributed by atoms with Gasteiger partial charge >= 0.3 is 17.3 Å². The lowest BCUT2D eigenvalue weighted by atomic mass is 9.77. The van der Waals surface area contributed by atoms with Crippen LogP contribution in [0.2, 0.25) is 0 Å². The number of hydrogen-bond acceptors (Lipinski definition) is 12. The van der Waals surface area contributed by atoms with Gasteiger partial charge in [0.05, 0.1) is 35.7 Å². The third kappa shape index (κ3) is 6.77. The zero-order valence-electron chi connectivity index (χ0n) is 35.1. The molecule has 18 nitrogen and oxygen atoms in total. The molecule has 11 rings (SSSR count). The molecule has 0 fully saturated rings. The Balaban J connectivity index is 0.807. The zero-order chi connectivity index (χ0) is 46.0. The van der Waals surface area contributed by atoms with Crippen LogP contribution in [0.1, 0.15) is 49.4 Å². The van der Waals surface area contributed by atoms with Gasteiger partial charge in [-0.05, 0) is 72.3 Å². The summed E-state index contributed by atoms with van der Waals surface area (Å²) in [4.78, 5) is 67.3. The first kappa shape index (κ1) is 40.6. The van der Waals surface area contributed by atoms with Crippen LogP contribution in [0.15, 0.2) is 137 Å². The summed E-state index contributed by atoms with van der Waals surface area (Å²) in [5.41, 5.74) is 3.75. The molecule has 67 heavy (non-hydrogen) atoms. The van der Waals surface area contributed by atoms with Crippen molar-refractivity contribution >= 4 is 23.5 Å². The van der Waals surface area contributed by atoms with Gasteiger partial charge in [0.1, 0.15) is 41.0 Å². The van der Waals surface area contributed by atoms with Gasteiger partial charge in [0.25, 0.3) is 5.91 Å². The number of aromatic hydroxyl groups is 2. The van der Waals surface area contributed by atoms with Crippen LogP contribution < -0.4 is 31.1 Å². The normalized spacial score (nSPS) is 13.7. The van der Waals surface area contributed by atoms with Crippen LogP contribution >= 0.6 is 0 Å². The number of amides is 2. The van der Waals surface area contributed by atoms with Crippen LogP contribution in [0.5, 0.6) is 28.7 Å². The van der Waals surface area contributed by atoms with Crippen molar-refractivity contribution in [3.05, 3.63) is 182 Å². The van der Waals surface area contributed by atoms with E-state index in [0.29, 0.717) is 51.6 Å². The summed E-state index contributed by atoms with van der Waals surface area (Å²) in [6.07, 6.45) is -0.0537. The number of nitrogens with one attached hydrogen (secondary N) is 3.